The molecule has 2 aromatic carbocycles. The number of aliphatic hydroxyl groups is 1. The van der Waals surface area contributed by atoms with Crippen molar-refractivity contribution in [3.8, 4) is 5.75 Å². The van der Waals surface area contributed by atoms with Gasteiger partial charge in [0.1, 0.15) is 11.3 Å². The van der Waals surface area contributed by atoms with Crippen LogP contribution in [-0.2, 0) is 20.5 Å². The second-order valence-corrected chi connectivity index (χ2v) is 7.92. The summed E-state index contributed by atoms with van der Waals surface area (Å²) in [6, 6.07) is 10.5. The molecular formula is C23H24O7. The molecule has 0 fully saturated rings. The first-order chi connectivity index (χ1) is 14.1. The summed E-state index contributed by atoms with van der Waals surface area (Å²) < 4.78 is 10.4. The Morgan fingerprint density at radius 3 is 2.40 bits per heavy atom. The zero-order valence-electron chi connectivity index (χ0n) is 17.1. The predicted molar refractivity (Wildman–Crippen MR) is 108 cm³/mol. The van der Waals surface area contributed by atoms with E-state index < -0.39 is 23.5 Å². The maximum atomic E-state index is 12.7. The van der Waals surface area contributed by atoms with E-state index in [-0.39, 0.29) is 35.3 Å². The van der Waals surface area contributed by atoms with E-state index in [0.29, 0.717) is 12.0 Å². The van der Waals surface area contributed by atoms with Crippen molar-refractivity contribution in [2.75, 3.05) is 6.61 Å². The molecule has 2 aromatic rings. The van der Waals surface area contributed by atoms with Gasteiger partial charge in [-0.2, -0.15) is 0 Å². The largest absolute Gasteiger partial charge is 0.478 e. The van der Waals surface area contributed by atoms with Gasteiger partial charge in [0.2, 0.25) is 0 Å². The van der Waals surface area contributed by atoms with Crippen molar-refractivity contribution in [1.29, 1.82) is 0 Å². The van der Waals surface area contributed by atoms with Crippen LogP contribution in [0.25, 0.3) is 0 Å². The van der Waals surface area contributed by atoms with E-state index >= 15 is 0 Å². The van der Waals surface area contributed by atoms with Gasteiger partial charge in [-0.1, -0.05) is 32.0 Å². The van der Waals surface area contributed by atoms with Crippen LogP contribution in [0.3, 0.4) is 0 Å². The second kappa shape index (κ2) is 7.91. The van der Waals surface area contributed by atoms with Gasteiger partial charge in [0, 0.05) is 0 Å². The van der Waals surface area contributed by atoms with E-state index in [9.17, 15) is 24.6 Å². The summed E-state index contributed by atoms with van der Waals surface area (Å²) in [5.41, 5.74) is -1.19. The Morgan fingerprint density at radius 1 is 1.03 bits per heavy atom. The highest BCUT2D eigenvalue weighted by molar-refractivity contribution is 5.96. The third-order valence-electron chi connectivity index (χ3n) is 5.48. The Kier molecular flexibility index (Phi) is 5.67. The van der Waals surface area contributed by atoms with Crippen LogP contribution in [0.1, 0.15) is 65.5 Å². The lowest BCUT2D eigenvalue weighted by atomic mass is 9.66. The van der Waals surface area contributed by atoms with Crippen LogP contribution in [0.15, 0.2) is 42.5 Å². The summed E-state index contributed by atoms with van der Waals surface area (Å²) in [5.74, 6) is -2.86. The average molecular weight is 412 g/mol. The Bertz CT molecular complexity index is 1010. The van der Waals surface area contributed by atoms with Gasteiger partial charge in [0.05, 0.1) is 12.2 Å². The lowest BCUT2D eigenvalue weighted by Crippen LogP contribution is -2.44. The molecule has 0 heterocycles. The fourth-order valence-corrected chi connectivity index (χ4v) is 3.72. The Hall–Kier alpha value is -3.19. The van der Waals surface area contributed by atoms with Gasteiger partial charge < -0.3 is 19.7 Å². The minimum absolute atomic E-state index is 0.0892. The van der Waals surface area contributed by atoms with Crippen LogP contribution >= 0.6 is 0 Å². The molecule has 158 valence electrons. The summed E-state index contributed by atoms with van der Waals surface area (Å²) in [4.78, 5) is 36.6. The van der Waals surface area contributed by atoms with Crippen molar-refractivity contribution >= 4 is 17.9 Å². The zero-order valence-corrected chi connectivity index (χ0v) is 17.1. The highest BCUT2D eigenvalue weighted by Gasteiger charge is 2.48. The summed E-state index contributed by atoms with van der Waals surface area (Å²) in [7, 11) is 0. The van der Waals surface area contributed by atoms with E-state index in [1.54, 1.807) is 25.1 Å². The summed E-state index contributed by atoms with van der Waals surface area (Å²) in [6.45, 7) is 5.77. The molecule has 0 saturated carbocycles. The molecule has 0 aromatic heterocycles. The lowest BCUT2D eigenvalue weighted by Gasteiger charge is -2.40. The molecule has 1 aliphatic carbocycles. The molecule has 3 rings (SSSR count). The maximum Gasteiger partial charge on any atom is 0.343 e. The number of carbonyl (C=O) groups is 3. The minimum atomic E-state index is -1.86. The number of rotatable bonds is 5. The number of aromatic carboxylic acids is 1. The third-order valence-corrected chi connectivity index (χ3v) is 5.48. The molecular weight excluding hydrogens is 388 g/mol. The van der Waals surface area contributed by atoms with Crippen molar-refractivity contribution in [1.82, 2.24) is 0 Å². The molecule has 0 aliphatic heterocycles. The topological polar surface area (TPSA) is 110 Å². The van der Waals surface area contributed by atoms with Crippen LogP contribution in [0.5, 0.6) is 5.75 Å². The van der Waals surface area contributed by atoms with Gasteiger partial charge in [0.25, 0.3) is 0 Å². The van der Waals surface area contributed by atoms with Crippen molar-refractivity contribution in [3.63, 3.8) is 0 Å². The first-order valence-corrected chi connectivity index (χ1v) is 9.69. The average Bonchev–Trinajstić information content (AvgIpc) is 2.71. The number of ether oxygens (including phenoxy) is 2. The van der Waals surface area contributed by atoms with E-state index in [2.05, 4.69) is 0 Å². The molecule has 1 atom stereocenters. The zero-order chi connectivity index (χ0) is 22.1. The molecule has 30 heavy (non-hydrogen) atoms. The highest BCUT2D eigenvalue weighted by Crippen LogP contribution is 2.45. The first-order valence-electron chi connectivity index (χ1n) is 9.69. The molecule has 0 bridgehead atoms. The first kappa shape index (κ1) is 21.5. The fraction of sp³-hybridized carbons (Fsp3) is 0.348. The van der Waals surface area contributed by atoms with Crippen LogP contribution in [0, 0.1) is 0 Å². The summed E-state index contributed by atoms with van der Waals surface area (Å²) >= 11 is 0. The van der Waals surface area contributed by atoms with Crippen molar-refractivity contribution in [2.24, 2.45) is 0 Å². The van der Waals surface area contributed by atoms with E-state index in [1.807, 2.05) is 13.8 Å². The van der Waals surface area contributed by atoms with Gasteiger partial charge in [-0.05, 0) is 60.6 Å². The van der Waals surface area contributed by atoms with E-state index in [4.69, 9.17) is 9.47 Å². The quantitative estimate of drug-likeness (QED) is 0.572. The molecule has 1 unspecified atom stereocenters. The molecule has 0 amide bonds. The maximum absolute atomic E-state index is 12.7. The molecule has 2 N–H and O–H groups in total. The molecule has 0 saturated heterocycles. The van der Waals surface area contributed by atoms with Crippen molar-refractivity contribution < 1.29 is 34.1 Å². The van der Waals surface area contributed by atoms with Crippen molar-refractivity contribution in [3.05, 3.63) is 64.7 Å². The number of esters is 2. The van der Waals surface area contributed by atoms with Crippen LogP contribution in [0.2, 0.25) is 0 Å². The van der Waals surface area contributed by atoms with E-state index in [0.717, 1.165) is 5.56 Å². The van der Waals surface area contributed by atoms with Gasteiger partial charge in [-0.25, -0.2) is 14.4 Å². The second-order valence-electron chi connectivity index (χ2n) is 7.92. The number of carbonyl (C=O) groups excluding carboxylic acids is 2. The number of hydrogen-bond acceptors (Lipinski definition) is 6. The third kappa shape index (κ3) is 3.80. The van der Waals surface area contributed by atoms with Crippen molar-refractivity contribution in [2.45, 2.75) is 44.6 Å². The molecule has 0 radical (unpaired) electrons. The number of benzene rings is 2. The number of fused-ring (bicyclic) bond motifs is 1. The number of carboxylic acids is 1. The molecule has 0 spiro atoms. The molecule has 7 nitrogen and oxygen atoms in total. The SMILES string of the molecule is CCOC(=O)C1(O)CCC(C)(C)c2ccc(C(=O)Oc3ccccc3C(=O)O)cc21. The van der Waals surface area contributed by atoms with Gasteiger partial charge >= 0.3 is 17.9 Å². The van der Waals surface area contributed by atoms with Crippen LogP contribution in [0.4, 0.5) is 0 Å². The van der Waals surface area contributed by atoms with Crippen LogP contribution < -0.4 is 4.74 Å². The summed E-state index contributed by atoms with van der Waals surface area (Å²) in [6.07, 6.45) is 0.720. The Balaban J connectivity index is 2.02. The smallest absolute Gasteiger partial charge is 0.343 e. The highest BCUT2D eigenvalue weighted by atomic mass is 16.5. The van der Waals surface area contributed by atoms with Gasteiger partial charge in [0.15, 0.2) is 5.60 Å². The van der Waals surface area contributed by atoms with Crippen LogP contribution in [-0.4, -0.2) is 34.7 Å². The monoisotopic (exact) mass is 412 g/mol. The Labute approximate surface area is 174 Å². The van der Waals surface area contributed by atoms with Gasteiger partial charge in [-0.3, -0.25) is 0 Å². The number of carboxylic acid groups (broad SMARTS) is 1. The predicted octanol–water partition coefficient (Wildman–Crippen LogP) is 3.43. The fourth-order valence-electron chi connectivity index (χ4n) is 3.72. The number of para-hydroxylation sites is 1. The standard InChI is InChI=1S/C23H24O7/c1-4-29-21(27)23(28)12-11-22(2,3)16-10-9-14(13-17(16)23)20(26)30-18-8-6-5-7-15(18)19(24)25/h5-10,13,28H,4,11-12H2,1-3H3,(H,24,25). The van der Waals surface area contributed by atoms with Gasteiger partial charge in [-0.15, -0.1) is 0 Å². The normalized spacial score (nSPS) is 19.5. The lowest BCUT2D eigenvalue weighted by molar-refractivity contribution is -0.168. The molecule has 1 aliphatic rings. The summed E-state index contributed by atoms with van der Waals surface area (Å²) in [5, 5.41) is 20.4. The Morgan fingerprint density at radius 2 is 1.73 bits per heavy atom. The minimum Gasteiger partial charge on any atom is -0.478 e. The number of hydrogen-bond donors (Lipinski definition) is 2. The molecule has 7 heteroatoms. The van der Waals surface area contributed by atoms with E-state index in [1.165, 1.54) is 24.3 Å².